The number of nitrogens with two attached hydrogens (primary N) is 1. The SMILES string of the molecule is NCC1(CNC(=O)c2ccc(F)cc2)CC1. The Morgan fingerprint density at radius 3 is 2.50 bits per heavy atom. The number of hydrogen-bond donors (Lipinski definition) is 2. The highest BCUT2D eigenvalue weighted by Gasteiger charge is 2.41. The molecule has 0 saturated heterocycles. The quantitative estimate of drug-likeness (QED) is 0.806. The van der Waals surface area contributed by atoms with Gasteiger partial charge in [-0.25, -0.2) is 4.39 Å². The maximum atomic E-state index is 12.6. The van der Waals surface area contributed by atoms with Crippen LogP contribution in [0.15, 0.2) is 24.3 Å². The summed E-state index contributed by atoms with van der Waals surface area (Å²) < 4.78 is 12.6. The number of carbonyl (C=O) groups excluding carboxylic acids is 1. The standard InChI is InChI=1S/C12H15FN2O/c13-10-3-1-9(2-4-10)11(16)15-8-12(7-14)5-6-12/h1-4H,5-8,14H2,(H,15,16). The molecule has 86 valence electrons. The minimum Gasteiger partial charge on any atom is -0.351 e. The summed E-state index contributed by atoms with van der Waals surface area (Å²) in [6, 6.07) is 5.52. The third-order valence-electron chi connectivity index (χ3n) is 3.12. The number of nitrogens with one attached hydrogen (secondary N) is 1. The Labute approximate surface area is 93.8 Å². The summed E-state index contributed by atoms with van der Waals surface area (Å²) in [4.78, 5) is 11.7. The zero-order valence-electron chi connectivity index (χ0n) is 9.00. The molecule has 0 aliphatic heterocycles. The highest BCUT2D eigenvalue weighted by atomic mass is 19.1. The van der Waals surface area contributed by atoms with Crippen LogP contribution < -0.4 is 11.1 Å². The molecule has 4 heteroatoms. The summed E-state index contributed by atoms with van der Waals surface area (Å²) in [7, 11) is 0. The molecule has 3 nitrogen and oxygen atoms in total. The lowest BCUT2D eigenvalue weighted by Crippen LogP contribution is -2.33. The first-order valence-electron chi connectivity index (χ1n) is 5.39. The lowest BCUT2D eigenvalue weighted by Gasteiger charge is -2.13. The molecular formula is C12H15FN2O. The van der Waals surface area contributed by atoms with E-state index >= 15 is 0 Å². The van der Waals surface area contributed by atoms with Crippen LogP contribution in [0.4, 0.5) is 4.39 Å². The second kappa shape index (κ2) is 4.22. The van der Waals surface area contributed by atoms with Gasteiger partial charge in [-0.3, -0.25) is 4.79 Å². The van der Waals surface area contributed by atoms with Gasteiger partial charge in [0, 0.05) is 17.5 Å². The van der Waals surface area contributed by atoms with E-state index in [0.29, 0.717) is 18.7 Å². The normalized spacial score (nSPS) is 16.9. The molecule has 1 fully saturated rings. The van der Waals surface area contributed by atoms with Crippen LogP contribution >= 0.6 is 0 Å². The third kappa shape index (κ3) is 2.39. The van der Waals surface area contributed by atoms with E-state index in [9.17, 15) is 9.18 Å². The lowest BCUT2D eigenvalue weighted by atomic mass is 10.1. The van der Waals surface area contributed by atoms with Crippen LogP contribution in [0.2, 0.25) is 0 Å². The monoisotopic (exact) mass is 222 g/mol. The van der Waals surface area contributed by atoms with Crippen molar-refractivity contribution in [3.05, 3.63) is 35.6 Å². The van der Waals surface area contributed by atoms with Crippen LogP contribution in [-0.2, 0) is 0 Å². The first-order valence-corrected chi connectivity index (χ1v) is 5.39. The van der Waals surface area contributed by atoms with Crippen molar-refractivity contribution < 1.29 is 9.18 Å². The summed E-state index contributed by atoms with van der Waals surface area (Å²) in [5.41, 5.74) is 6.21. The maximum Gasteiger partial charge on any atom is 0.251 e. The Bertz CT molecular complexity index is 385. The molecule has 1 aliphatic rings. The minimum absolute atomic E-state index is 0.121. The molecule has 1 amide bonds. The molecule has 2 rings (SSSR count). The van der Waals surface area contributed by atoms with Gasteiger partial charge in [-0.15, -0.1) is 0 Å². The Morgan fingerprint density at radius 1 is 1.38 bits per heavy atom. The van der Waals surface area contributed by atoms with Gasteiger partial charge in [0.25, 0.3) is 5.91 Å². The maximum absolute atomic E-state index is 12.6. The molecule has 0 bridgehead atoms. The van der Waals surface area contributed by atoms with Gasteiger partial charge in [0.2, 0.25) is 0 Å². The summed E-state index contributed by atoms with van der Waals surface area (Å²) in [6.07, 6.45) is 2.15. The van der Waals surface area contributed by atoms with Crippen LogP contribution in [-0.4, -0.2) is 19.0 Å². The van der Waals surface area contributed by atoms with E-state index in [0.717, 1.165) is 12.8 Å². The van der Waals surface area contributed by atoms with E-state index in [2.05, 4.69) is 5.32 Å². The molecule has 16 heavy (non-hydrogen) atoms. The zero-order valence-corrected chi connectivity index (χ0v) is 9.00. The van der Waals surface area contributed by atoms with Crippen molar-refractivity contribution in [2.45, 2.75) is 12.8 Å². The largest absolute Gasteiger partial charge is 0.351 e. The molecule has 1 aliphatic carbocycles. The van der Waals surface area contributed by atoms with Crippen molar-refractivity contribution >= 4 is 5.91 Å². The Balaban J connectivity index is 1.91. The number of halogens is 1. The number of rotatable bonds is 4. The van der Waals surface area contributed by atoms with Crippen molar-refractivity contribution in [3.63, 3.8) is 0 Å². The van der Waals surface area contributed by atoms with Gasteiger partial charge in [-0.2, -0.15) is 0 Å². The average molecular weight is 222 g/mol. The Hall–Kier alpha value is -1.42. The van der Waals surface area contributed by atoms with Gasteiger partial charge < -0.3 is 11.1 Å². The predicted molar refractivity (Wildman–Crippen MR) is 59.5 cm³/mol. The van der Waals surface area contributed by atoms with E-state index < -0.39 is 0 Å². The molecule has 1 aromatic rings. The first-order chi connectivity index (χ1) is 7.65. The second-order valence-electron chi connectivity index (χ2n) is 4.39. The fraction of sp³-hybridized carbons (Fsp3) is 0.417. The van der Waals surface area contributed by atoms with Crippen molar-refractivity contribution in [1.29, 1.82) is 0 Å². The highest BCUT2D eigenvalue weighted by Crippen LogP contribution is 2.43. The smallest absolute Gasteiger partial charge is 0.251 e. The Kier molecular flexibility index (Phi) is 2.92. The van der Waals surface area contributed by atoms with Crippen molar-refractivity contribution in [3.8, 4) is 0 Å². The predicted octanol–water partition coefficient (Wildman–Crippen LogP) is 1.29. The molecule has 0 radical (unpaired) electrons. The van der Waals surface area contributed by atoms with Crippen LogP contribution in [0.5, 0.6) is 0 Å². The summed E-state index contributed by atoms with van der Waals surface area (Å²) in [5.74, 6) is -0.503. The molecule has 0 aromatic heterocycles. The van der Waals surface area contributed by atoms with E-state index in [1.165, 1.54) is 24.3 Å². The average Bonchev–Trinajstić information content (AvgIpc) is 3.08. The van der Waals surface area contributed by atoms with Gasteiger partial charge in [0.05, 0.1) is 0 Å². The van der Waals surface area contributed by atoms with Crippen LogP contribution in [0, 0.1) is 11.2 Å². The fourth-order valence-corrected chi connectivity index (χ4v) is 1.60. The number of benzene rings is 1. The number of amides is 1. The van der Waals surface area contributed by atoms with Crippen molar-refractivity contribution in [2.24, 2.45) is 11.1 Å². The summed E-state index contributed by atoms with van der Waals surface area (Å²) in [5, 5.41) is 2.83. The molecule has 0 heterocycles. The van der Waals surface area contributed by atoms with Gasteiger partial charge in [-0.1, -0.05) is 0 Å². The molecule has 0 unspecified atom stereocenters. The number of carbonyl (C=O) groups is 1. The fourth-order valence-electron chi connectivity index (χ4n) is 1.60. The van der Waals surface area contributed by atoms with Gasteiger partial charge >= 0.3 is 0 Å². The van der Waals surface area contributed by atoms with Gasteiger partial charge in [0.15, 0.2) is 0 Å². The summed E-state index contributed by atoms with van der Waals surface area (Å²) >= 11 is 0. The van der Waals surface area contributed by atoms with E-state index in [1.54, 1.807) is 0 Å². The summed E-state index contributed by atoms with van der Waals surface area (Å²) in [6.45, 7) is 1.22. The van der Waals surface area contributed by atoms with Gasteiger partial charge in [0.1, 0.15) is 5.82 Å². The molecule has 0 atom stereocenters. The lowest BCUT2D eigenvalue weighted by molar-refractivity contribution is 0.0945. The number of hydrogen-bond acceptors (Lipinski definition) is 2. The van der Waals surface area contributed by atoms with Crippen LogP contribution in [0.1, 0.15) is 23.2 Å². The molecule has 0 spiro atoms. The van der Waals surface area contributed by atoms with E-state index in [1.807, 2.05) is 0 Å². The molecule has 1 saturated carbocycles. The van der Waals surface area contributed by atoms with E-state index in [-0.39, 0.29) is 17.1 Å². The molecular weight excluding hydrogens is 207 g/mol. The second-order valence-corrected chi connectivity index (χ2v) is 4.39. The van der Waals surface area contributed by atoms with E-state index in [4.69, 9.17) is 5.73 Å². The third-order valence-corrected chi connectivity index (χ3v) is 3.12. The minimum atomic E-state index is -0.336. The highest BCUT2D eigenvalue weighted by molar-refractivity contribution is 5.94. The van der Waals surface area contributed by atoms with Crippen molar-refractivity contribution in [2.75, 3.05) is 13.1 Å². The molecule has 3 N–H and O–H groups in total. The first kappa shape index (κ1) is 11.1. The van der Waals surface area contributed by atoms with Crippen LogP contribution in [0.3, 0.4) is 0 Å². The Morgan fingerprint density at radius 2 is 2.00 bits per heavy atom. The van der Waals surface area contributed by atoms with Crippen molar-refractivity contribution in [1.82, 2.24) is 5.32 Å². The topological polar surface area (TPSA) is 55.1 Å². The molecule has 1 aromatic carbocycles. The zero-order chi connectivity index (χ0) is 11.6. The van der Waals surface area contributed by atoms with Gasteiger partial charge in [-0.05, 0) is 43.7 Å². The van der Waals surface area contributed by atoms with Crippen LogP contribution in [0.25, 0.3) is 0 Å².